The van der Waals surface area contributed by atoms with Gasteiger partial charge in [-0.15, -0.1) is 10.2 Å². The van der Waals surface area contributed by atoms with Gasteiger partial charge in [-0.05, 0) is 11.6 Å². The third-order valence-corrected chi connectivity index (χ3v) is 4.06. The number of benzene rings is 1. The lowest BCUT2D eigenvalue weighted by Gasteiger charge is -2.04. The monoisotopic (exact) mass is 308 g/mol. The average molecular weight is 309 g/mol. The van der Waals surface area contributed by atoms with Gasteiger partial charge in [0.05, 0.1) is 13.5 Å². The van der Waals surface area contributed by atoms with E-state index in [2.05, 4.69) is 20.0 Å². The Labute approximate surface area is 123 Å². The quantitative estimate of drug-likeness (QED) is 0.694. The van der Waals surface area contributed by atoms with Crippen molar-refractivity contribution in [2.24, 2.45) is 0 Å². The van der Waals surface area contributed by atoms with Crippen LogP contribution in [0.2, 0.25) is 5.02 Å². The molecule has 0 spiro atoms. The minimum absolute atomic E-state index is 0.153. The van der Waals surface area contributed by atoms with Crippen molar-refractivity contribution in [3.05, 3.63) is 35.1 Å². The van der Waals surface area contributed by atoms with Gasteiger partial charge in [-0.3, -0.25) is 4.79 Å². The molecule has 102 valence electrons. The number of hydrogen-bond donors (Lipinski definition) is 0. The van der Waals surface area contributed by atoms with E-state index in [0.29, 0.717) is 5.02 Å². The number of rotatable bonds is 3. The smallest absolute Gasteiger partial charge is 0.310 e. The first-order valence-corrected chi connectivity index (χ1v) is 6.89. The van der Waals surface area contributed by atoms with Crippen molar-refractivity contribution < 1.29 is 9.53 Å². The number of halogens is 1. The van der Waals surface area contributed by atoms with Gasteiger partial charge in [0.15, 0.2) is 0 Å². The number of hydrogen-bond acceptors (Lipinski definition) is 6. The van der Waals surface area contributed by atoms with Crippen LogP contribution in [-0.4, -0.2) is 32.9 Å². The molecular formula is C12H9ClN4O2S. The fraction of sp³-hybridized carbons (Fsp3) is 0.167. The topological polar surface area (TPSA) is 69.4 Å². The molecule has 3 rings (SSSR count). The molecule has 2 aromatic heterocycles. The number of fused-ring (bicyclic) bond motifs is 1. The lowest BCUT2D eigenvalue weighted by atomic mass is 10.1. The fourth-order valence-electron chi connectivity index (χ4n) is 1.73. The molecule has 0 aliphatic carbocycles. The standard InChI is InChI=1S/C12H9ClN4O2S/c1-19-10(18)5-7-2-3-8(4-9(7)13)11-16-17-6-14-15-12(17)20-11/h2-4,6H,5H2,1H3. The highest BCUT2D eigenvalue weighted by atomic mass is 35.5. The molecule has 0 aliphatic heterocycles. The molecule has 0 fully saturated rings. The van der Waals surface area contributed by atoms with Gasteiger partial charge in [-0.1, -0.05) is 35.1 Å². The zero-order valence-corrected chi connectivity index (χ0v) is 12.0. The first kappa shape index (κ1) is 13.0. The number of methoxy groups -OCH3 is 1. The van der Waals surface area contributed by atoms with Crippen LogP contribution in [0.15, 0.2) is 24.5 Å². The van der Waals surface area contributed by atoms with E-state index in [1.807, 2.05) is 6.07 Å². The Balaban J connectivity index is 1.93. The molecule has 1 aromatic carbocycles. The molecule has 8 heteroatoms. The van der Waals surface area contributed by atoms with Crippen LogP contribution < -0.4 is 0 Å². The van der Waals surface area contributed by atoms with Crippen molar-refractivity contribution in [3.63, 3.8) is 0 Å². The normalized spacial score (nSPS) is 10.9. The molecule has 0 unspecified atom stereocenters. The van der Waals surface area contributed by atoms with Gasteiger partial charge in [-0.25, -0.2) is 0 Å². The van der Waals surface area contributed by atoms with Gasteiger partial charge in [0, 0.05) is 10.6 Å². The second-order valence-corrected chi connectivity index (χ2v) is 5.39. The van der Waals surface area contributed by atoms with Crippen molar-refractivity contribution >= 4 is 33.9 Å². The molecule has 0 aliphatic rings. The number of carbonyl (C=O) groups excluding carboxylic acids is 1. The van der Waals surface area contributed by atoms with Gasteiger partial charge in [0.2, 0.25) is 4.96 Å². The van der Waals surface area contributed by atoms with Crippen LogP contribution in [-0.2, 0) is 16.0 Å². The van der Waals surface area contributed by atoms with Crippen molar-refractivity contribution in [2.45, 2.75) is 6.42 Å². The molecule has 0 saturated heterocycles. The average Bonchev–Trinajstić information content (AvgIpc) is 3.01. The van der Waals surface area contributed by atoms with Gasteiger partial charge in [0.1, 0.15) is 11.3 Å². The maximum Gasteiger partial charge on any atom is 0.310 e. The molecule has 0 saturated carbocycles. The number of carbonyl (C=O) groups is 1. The predicted molar refractivity (Wildman–Crippen MR) is 74.8 cm³/mol. The maximum atomic E-state index is 11.3. The Morgan fingerprint density at radius 3 is 3.05 bits per heavy atom. The summed E-state index contributed by atoms with van der Waals surface area (Å²) < 4.78 is 6.23. The van der Waals surface area contributed by atoms with Gasteiger partial charge >= 0.3 is 5.97 Å². The van der Waals surface area contributed by atoms with Gasteiger partial charge < -0.3 is 4.74 Å². The molecular weight excluding hydrogens is 300 g/mol. The fourth-order valence-corrected chi connectivity index (χ4v) is 2.79. The first-order valence-electron chi connectivity index (χ1n) is 5.70. The number of ether oxygens (including phenoxy) is 1. The maximum absolute atomic E-state index is 11.3. The van der Waals surface area contributed by atoms with Crippen LogP contribution in [0.5, 0.6) is 0 Å². The van der Waals surface area contributed by atoms with E-state index < -0.39 is 0 Å². The molecule has 0 radical (unpaired) electrons. The molecule has 6 nitrogen and oxygen atoms in total. The molecule has 20 heavy (non-hydrogen) atoms. The Kier molecular flexibility index (Phi) is 3.37. The second kappa shape index (κ2) is 5.18. The van der Waals surface area contributed by atoms with E-state index in [0.717, 1.165) is 21.1 Å². The van der Waals surface area contributed by atoms with Crippen molar-refractivity contribution in [1.82, 2.24) is 19.8 Å². The molecule has 3 aromatic rings. The third kappa shape index (κ3) is 2.37. The first-order chi connectivity index (χ1) is 9.67. The summed E-state index contributed by atoms with van der Waals surface area (Å²) in [5, 5.41) is 13.3. The van der Waals surface area contributed by atoms with Crippen LogP contribution in [0.25, 0.3) is 15.5 Å². The highest BCUT2D eigenvalue weighted by Crippen LogP contribution is 2.29. The number of aromatic nitrogens is 4. The summed E-state index contributed by atoms with van der Waals surface area (Å²) in [7, 11) is 1.35. The van der Waals surface area contributed by atoms with Crippen LogP contribution in [0.1, 0.15) is 5.56 Å². The SMILES string of the molecule is COC(=O)Cc1ccc(-c2nn3cnnc3s2)cc1Cl. The summed E-state index contributed by atoms with van der Waals surface area (Å²) in [5.74, 6) is -0.321. The Bertz CT molecular complexity index is 754. The van der Waals surface area contributed by atoms with E-state index in [9.17, 15) is 4.79 Å². The third-order valence-electron chi connectivity index (χ3n) is 2.75. The van der Waals surface area contributed by atoms with Gasteiger partial charge in [-0.2, -0.15) is 9.61 Å². The second-order valence-electron chi connectivity index (χ2n) is 4.02. The van der Waals surface area contributed by atoms with E-state index in [1.54, 1.807) is 23.0 Å². The molecule has 0 bridgehead atoms. The summed E-state index contributed by atoms with van der Waals surface area (Å²) >= 11 is 7.61. The van der Waals surface area contributed by atoms with E-state index in [4.69, 9.17) is 11.6 Å². The summed E-state index contributed by atoms with van der Waals surface area (Å²) in [6.07, 6.45) is 1.70. The van der Waals surface area contributed by atoms with E-state index in [1.165, 1.54) is 18.4 Å². The Hall–Kier alpha value is -1.99. The molecule has 0 N–H and O–H groups in total. The summed E-state index contributed by atoms with van der Waals surface area (Å²) in [4.78, 5) is 12.0. The van der Waals surface area contributed by atoms with Crippen molar-refractivity contribution in [2.75, 3.05) is 7.11 Å². The van der Waals surface area contributed by atoms with Crippen LogP contribution in [0.3, 0.4) is 0 Å². The number of esters is 1. The lowest BCUT2D eigenvalue weighted by molar-refractivity contribution is -0.139. The van der Waals surface area contributed by atoms with Crippen molar-refractivity contribution in [1.29, 1.82) is 0 Å². The number of nitrogens with zero attached hydrogens (tertiary/aromatic N) is 4. The van der Waals surface area contributed by atoms with E-state index >= 15 is 0 Å². The molecule has 2 heterocycles. The highest BCUT2D eigenvalue weighted by Gasteiger charge is 2.12. The summed E-state index contributed by atoms with van der Waals surface area (Å²) in [5.41, 5.74) is 1.60. The molecule has 0 amide bonds. The minimum Gasteiger partial charge on any atom is -0.469 e. The highest BCUT2D eigenvalue weighted by molar-refractivity contribution is 7.19. The molecule has 0 atom stereocenters. The summed E-state index contributed by atoms with van der Waals surface area (Å²) in [6, 6.07) is 5.46. The largest absolute Gasteiger partial charge is 0.469 e. The van der Waals surface area contributed by atoms with Crippen LogP contribution in [0.4, 0.5) is 0 Å². The Morgan fingerprint density at radius 2 is 2.35 bits per heavy atom. The minimum atomic E-state index is -0.321. The zero-order chi connectivity index (χ0) is 14.1. The summed E-state index contributed by atoms with van der Waals surface area (Å²) in [6.45, 7) is 0. The zero-order valence-electron chi connectivity index (χ0n) is 10.4. The van der Waals surface area contributed by atoms with Gasteiger partial charge in [0.25, 0.3) is 0 Å². The lowest BCUT2D eigenvalue weighted by Crippen LogP contribution is -2.04. The van der Waals surface area contributed by atoms with Crippen LogP contribution >= 0.6 is 22.9 Å². The Morgan fingerprint density at radius 1 is 1.50 bits per heavy atom. The van der Waals surface area contributed by atoms with Crippen molar-refractivity contribution in [3.8, 4) is 10.6 Å². The van der Waals surface area contributed by atoms with E-state index in [-0.39, 0.29) is 12.4 Å². The predicted octanol–water partition coefficient (Wildman–Crippen LogP) is 2.22. The van der Waals surface area contributed by atoms with Crippen LogP contribution in [0, 0.1) is 0 Å².